The van der Waals surface area contributed by atoms with Crippen LogP contribution >= 0.6 is 0 Å². The third-order valence-corrected chi connectivity index (χ3v) is 22.3. The first-order valence-electron chi connectivity index (χ1n) is 9.32. The van der Waals surface area contributed by atoms with E-state index in [2.05, 4.69) is 97.2 Å². The van der Waals surface area contributed by atoms with Gasteiger partial charge in [0.1, 0.15) is 0 Å². The normalized spacial score (nSPS) is 14.8. The van der Waals surface area contributed by atoms with E-state index in [4.69, 9.17) is 0 Å². The molecule has 5 heteroatoms. The summed E-state index contributed by atoms with van der Waals surface area (Å²) in [5.74, 6) is 0. The zero-order valence-electron chi connectivity index (χ0n) is 17.9. The second kappa shape index (κ2) is 9.87. The summed E-state index contributed by atoms with van der Waals surface area (Å²) in [6.45, 7) is 25.8. The van der Waals surface area contributed by atoms with Crippen molar-refractivity contribution >= 4 is 0 Å². The molecule has 0 heterocycles. The Morgan fingerprint density at radius 2 is 0.783 bits per heavy atom. The molecule has 0 radical (unpaired) electrons. The van der Waals surface area contributed by atoms with Crippen molar-refractivity contribution in [1.82, 2.24) is 13.8 Å². The Balaban J connectivity index is 6.60. The van der Waals surface area contributed by atoms with Crippen LogP contribution in [-0.4, -0.2) is 65.2 Å². The Labute approximate surface area is 151 Å². The number of hydrogen-bond acceptors (Lipinski definition) is 4. The molecule has 0 aromatic heterocycles. The van der Waals surface area contributed by atoms with E-state index in [0.717, 1.165) is 13.1 Å². The van der Waals surface area contributed by atoms with Gasteiger partial charge in [-0.3, -0.25) is 0 Å². The van der Waals surface area contributed by atoms with Crippen LogP contribution in [0.2, 0.25) is 0 Å². The second-order valence-electron chi connectivity index (χ2n) is 7.47. The van der Waals surface area contributed by atoms with Gasteiger partial charge in [0.05, 0.1) is 0 Å². The molecule has 0 bridgehead atoms. The monoisotopic (exact) mass is 500 g/mol. The van der Waals surface area contributed by atoms with Gasteiger partial charge in [0, 0.05) is 0 Å². The van der Waals surface area contributed by atoms with Crippen molar-refractivity contribution in [3.8, 4) is 0 Å². The van der Waals surface area contributed by atoms with Crippen LogP contribution in [0.15, 0.2) is 0 Å². The summed E-state index contributed by atoms with van der Waals surface area (Å²) in [5, 5.41) is 0. The van der Waals surface area contributed by atoms with Crippen molar-refractivity contribution in [2.45, 2.75) is 93.4 Å². The van der Waals surface area contributed by atoms with E-state index in [-0.39, 0.29) is 0 Å². The van der Waals surface area contributed by atoms with Crippen LogP contribution in [0.4, 0.5) is 0 Å². The van der Waals surface area contributed by atoms with Gasteiger partial charge >= 0.3 is 151 Å². The molecule has 0 aliphatic rings. The van der Waals surface area contributed by atoms with Gasteiger partial charge in [-0.2, -0.15) is 0 Å². The molecule has 0 fully saturated rings. The summed E-state index contributed by atoms with van der Waals surface area (Å²) in [4.78, 5) is 0. The van der Waals surface area contributed by atoms with Gasteiger partial charge in [-0.05, 0) is 0 Å². The van der Waals surface area contributed by atoms with Crippen LogP contribution in [-0.2, 0) is 17.1 Å². The van der Waals surface area contributed by atoms with Crippen molar-refractivity contribution in [2.24, 2.45) is 0 Å². The van der Waals surface area contributed by atoms with Gasteiger partial charge in [-0.25, -0.2) is 0 Å². The molecule has 0 unspecified atom stereocenters. The molecule has 0 N–H and O–H groups in total. The van der Waals surface area contributed by atoms with Crippen LogP contribution in [0.3, 0.4) is 0 Å². The van der Waals surface area contributed by atoms with Crippen LogP contribution in [0.1, 0.15) is 69.2 Å². The Morgan fingerprint density at radius 3 is 0.913 bits per heavy atom. The van der Waals surface area contributed by atoms with Crippen LogP contribution < -0.4 is 0 Å². The minimum absolute atomic E-state index is 0.549. The maximum atomic E-state index is 2.88. The summed E-state index contributed by atoms with van der Waals surface area (Å²) < 4.78 is 11.2. The third-order valence-electron chi connectivity index (χ3n) is 4.33. The van der Waals surface area contributed by atoms with Crippen molar-refractivity contribution in [3.63, 3.8) is 0 Å². The Morgan fingerprint density at radius 1 is 0.565 bits per heavy atom. The zero-order chi connectivity index (χ0) is 18.5. The van der Waals surface area contributed by atoms with E-state index >= 15 is 0 Å². The summed E-state index contributed by atoms with van der Waals surface area (Å²) in [5.41, 5.74) is 0. The number of nitrogens with zero attached hydrogens (tertiary/aromatic N) is 4. The fourth-order valence-corrected chi connectivity index (χ4v) is 21.4. The standard InChI is InChI=1S/2C6H14N.2C3H8N.W/c2*1-5(2)7-6(3)4;2*1-3-4-2;/h2*5-6H,1-4H3;2*3H2,1-2H3;/q4*-1;+4. The molecular formula is C18H44N4W. The quantitative estimate of drug-likeness (QED) is 0.451. The van der Waals surface area contributed by atoms with E-state index in [0.29, 0.717) is 24.2 Å². The maximum absolute atomic E-state index is 3.16. The Kier molecular flexibility index (Phi) is 10.1. The van der Waals surface area contributed by atoms with Gasteiger partial charge in [0.15, 0.2) is 0 Å². The molecule has 0 rings (SSSR count). The zero-order valence-corrected chi connectivity index (χ0v) is 20.9. The van der Waals surface area contributed by atoms with Crippen LogP contribution in [0, 0.1) is 0 Å². The molecule has 0 spiro atoms. The van der Waals surface area contributed by atoms with Gasteiger partial charge in [0.2, 0.25) is 0 Å². The topological polar surface area (TPSA) is 13.0 Å². The number of hydrogen-bond donors (Lipinski definition) is 0. The molecule has 0 aromatic rings. The predicted molar refractivity (Wildman–Crippen MR) is 101 cm³/mol. The van der Waals surface area contributed by atoms with E-state index in [1.54, 1.807) is 0 Å². The molecule has 4 nitrogen and oxygen atoms in total. The van der Waals surface area contributed by atoms with Crippen LogP contribution in [0.5, 0.6) is 0 Å². The molecular weight excluding hydrogens is 456 g/mol. The molecule has 0 saturated carbocycles. The third kappa shape index (κ3) is 4.79. The fraction of sp³-hybridized carbons (Fsp3) is 1.00. The van der Waals surface area contributed by atoms with Gasteiger partial charge in [-0.1, -0.05) is 0 Å². The van der Waals surface area contributed by atoms with Crippen molar-refractivity contribution < 1.29 is 17.1 Å². The molecule has 0 amide bonds. The average Bonchev–Trinajstić information content (AvgIpc) is 2.42. The Hall–Kier alpha value is 0.528. The molecule has 0 aliphatic heterocycles. The van der Waals surface area contributed by atoms with E-state index in [9.17, 15) is 0 Å². The summed E-state index contributed by atoms with van der Waals surface area (Å²) >= 11 is -3.16. The van der Waals surface area contributed by atoms with E-state index < -0.39 is 17.1 Å². The number of rotatable bonds is 10. The van der Waals surface area contributed by atoms with Gasteiger partial charge in [0.25, 0.3) is 0 Å². The summed E-state index contributed by atoms with van der Waals surface area (Å²) in [7, 11) is 4.72. The average molecular weight is 500 g/mol. The second-order valence-corrected chi connectivity index (χ2v) is 18.5. The van der Waals surface area contributed by atoms with Crippen molar-refractivity contribution in [1.29, 1.82) is 0 Å². The first-order chi connectivity index (χ1) is 10.5. The van der Waals surface area contributed by atoms with Crippen molar-refractivity contribution in [2.75, 3.05) is 27.2 Å². The van der Waals surface area contributed by atoms with E-state index in [1.807, 2.05) is 0 Å². The predicted octanol–water partition coefficient (Wildman–Crippen LogP) is 3.94. The first kappa shape index (κ1) is 23.5. The molecule has 0 aromatic carbocycles. The molecule has 0 aliphatic carbocycles. The van der Waals surface area contributed by atoms with E-state index in [1.165, 1.54) is 0 Å². The van der Waals surface area contributed by atoms with Crippen molar-refractivity contribution in [3.05, 3.63) is 0 Å². The minimum atomic E-state index is -3.16. The Bertz CT molecular complexity index is 283. The first-order valence-corrected chi connectivity index (χ1v) is 14.6. The van der Waals surface area contributed by atoms with Gasteiger partial charge in [-0.15, -0.1) is 0 Å². The van der Waals surface area contributed by atoms with Gasteiger partial charge < -0.3 is 0 Å². The van der Waals surface area contributed by atoms with Crippen LogP contribution in [0.25, 0.3) is 0 Å². The molecule has 0 saturated heterocycles. The molecule has 0 atom stereocenters. The molecule has 23 heavy (non-hydrogen) atoms. The molecule has 142 valence electrons. The fourth-order valence-electron chi connectivity index (χ4n) is 3.66. The summed E-state index contributed by atoms with van der Waals surface area (Å²) in [6, 6.07) is 2.20. The summed E-state index contributed by atoms with van der Waals surface area (Å²) in [6.07, 6.45) is 0. The SMILES string of the molecule is CC[N](C)[W]([N](C)CC)([N](C(C)C)C(C)C)[N](C(C)C)C(C)C.